The van der Waals surface area contributed by atoms with Gasteiger partial charge in [-0.3, -0.25) is 5.92 Å². The molecule has 0 atom stereocenters. The van der Waals surface area contributed by atoms with Crippen LogP contribution in [0.2, 0.25) is 0 Å². The maximum absolute atomic E-state index is 10.5. The van der Waals surface area contributed by atoms with Crippen molar-refractivity contribution in [3.8, 4) is 147 Å². The molecule has 0 amide bonds. The smallest absolute Gasteiger partial charge is 0.694 e. The Balaban J connectivity index is 0.000000152. The van der Waals surface area contributed by atoms with E-state index in [1.54, 1.807) is 12.4 Å². The zero-order valence-corrected chi connectivity index (χ0v) is 82.5. The van der Waals surface area contributed by atoms with Gasteiger partial charge in [-0.2, -0.15) is 13.2 Å². The first-order chi connectivity index (χ1) is 67.4. The predicted octanol–water partition coefficient (Wildman–Crippen LogP) is 32.1. The molecule has 141 heavy (non-hydrogen) atoms. The van der Waals surface area contributed by atoms with E-state index in [4.69, 9.17) is 48.7 Å². The summed E-state index contributed by atoms with van der Waals surface area (Å²) in [5.74, 6) is 9.45. The monoisotopic (exact) mass is 2110 g/mol. The summed E-state index contributed by atoms with van der Waals surface area (Å²) in [6.45, 7) is 15.1. The Kier molecular flexibility index (Phi) is 33.7. The SMILES string of the molecule is Cc1cc(-c2ccccc2)cc(C)c1-c1ccnc(-c2[c-]c(-n3c4ccccc4c4cccnc43)ccc2)c1.Cc1cc(-c2ccccc2)cc(C)c1-c1ccnc(-c2[c-]c(N3c4ccccc4Oc4cccnc43)ccc2)c1.Cc1cc(-c2ccccc2)cc(C)c1-c1ccnc(-c2[c-]c3c(cc2)Oc2ccccc2N3c2ccccn2)c1.[C-]#CC(F)(F)F.[C-]#CCCC.[C-]#Cc1ccccc1.[Pd+2].[Pd+2].[Pd+2]. The molecule has 0 aliphatic carbocycles. The fourth-order valence-corrected chi connectivity index (χ4v) is 17.4. The molecule has 0 unspecified atom stereocenters. The van der Waals surface area contributed by atoms with Crippen molar-refractivity contribution in [2.45, 2.75) is 67.5 Å². The molecule has 0 N–H and O–H groups in total. The Hall–Kier alpha value is -15.8. The number of benzene rings is 13. The van der Waals surface area contributed by atoms with Crippen LogP contribution in [0.25, 0.3) is 128 Å². The fraction of sp³-hybridized carbons (Fsp3) is 0.0806. The van der Waals surface area contributed by atoms with E-state index in [9.17, 15) is 13.2 Å². The van der Waals surface area contributed by atoms with E-state index in [2.05, 4.69) is 308 Å². The van der Waals surface area contributed by atoms with Gasteiger partial charge >= 0.3 is 67.4 Å². The summed E-state index contributed by atoms with van der Waals surface area (Å²) in [5.41, 5.74) is 34.7. The van der Waals surface area contributed by atoms with Crippen LogP contribution in [0.4, 0.5) is 47.6 Å². The molecule has 2 aliphatic heterocycles. The Morgan fingerprint density at radius 1 is 0.333 bits per heavy atom. The fourth-order valence-electron chi connectivity index (χ4n) is 17.4. The molecule has 694 valence electrons. The maximum atomic E-state index is 10.5. The minimum Gasteiger partial charge on any atom is -0.694 e. The summed E-state index contributed by atoms with van der Waals surface area (Å²) in [6.07, 6.45) is 26.9. The van der Waals surface area contributed by atoms with Gasteiger partial charge in [0.2, 0.25) is 0 Å². The second-order valence-corrected chi connectivity index (χ2v) is 32.9. The van der Waals surface area contributed by atoms with Crippen LogP contribution < -0.4 is 19.3 Å². The molecule has 17 heteroatoms. The molecule has 0 bridgehead atoms. The third-order valence-corrected chi connectivity index (χ3v) is 23.4. The van der Waals surface area contributed by atoms with Crippen LogP contribution >= 0.6 is 0 Å². The second-order valence-electron chi connectivity index (χ2n) is 32.9. The molecule has 0 spiro atoms. The van der Waals surface area contributed by atoms with Crippen molar-refractivity contribution >= 4 is 56.3 Å². The summed E-state index contributed by atoms with van der Waals surface area (Å²) in [7, 11) is 0. The number of pyridine rings is 6. The summed E-state index contributed by atoms with van der Waals surface area (Å²) >= 11 is 0. The van der Waals surface area contributed by atoms with Gasteiger partial charge in [0, 0.05) is 53.6 Å². The zero-order chi connectivity index (χ0) is 95.6. The Morgan fingerprint density at radius 3 is 1.20 bits per heavy atom. The number of rotatable bonds is 13. The maximum Gasteiger partial charge on any atom is 2.00 e. The van der Waals surface area contributed by atoms with E-state index in [1.165, 1.54) is 88.8 Å². The average Bonchev–Trinajstić information content (AvgIpc) is 1.71. The van der Waals surface area contributed by atoms with Crippen LogP contribution in [-0.4, -0.2) is 40.6 Å². The topological polar surface area (TPSA) is 107 Å². The Bertz CT molecular complexity index is 7700. The van der Waals surface area contributed by atoms with Gasteiger partial charge in [0.25, 0.3) is 0 Å². The number of unbranched alkanes of at least 4 members (excludes halogenated alkanes) is 1. The molecule has 9 heterocycles. The summed E-state index contributed by atoms with van der Waals surface area (Å²) in [4.78, 5) is 32.4. The van der Waals surface area contributed by atoms with Gasteiger partial charge in [-0.25, -0.2) is 20.9 Å². The standard InChI is InChI=1S/2C36H26N3O.C36H26N3.C8H5.C5H7.C3F3.3Pd/c1-24-20-29(26-10-4-3-5-11-26)21-25(2)35(24)28-17-19-37-31(23-28)27-12-8-13-30(22-27)39-32-14-6-7-15-33(32)40-34-16-9-18-38-36(34)39;1-24-20-29(26-10-4-3-5-11-26)21-25(2)36(24)28-17-19-37-30(22-28)27-15-16-34-32(23-27)39(35-14-8-9-18-38-35)31-12-6-7-13-33(31)40-34;1-24-20-29(26-10-4-3-5-11-26)21-25(2)35(24)28-17-19-37-33(23-28)27-12-8-13-30(22-27)39-34-16-7-6-14-31(34)32-15-9-18-38-36(32)39;1-2-8-6-4-3-5-7-8;1-3-5-4-2;1-2-3(4,5)6;;;/h3-21,23H,1-2H3;3-22H,1-2H3;3-21,23H,1-2H3;3-7H;3,5H2,1H3;;;;/q6*-1;3*+2. The zero-order valence-electron chi connectivity index (χ0n) is 77.9. The molecule has 0 radical (unpaired) electrons. The van der Waals surface area contributed by atoms with Crippen LogP contribution in [0.1, 0.15) is 58.7 Å². The molecule has 0 saturated carbocycles. The van der Waals surface area contributed by atoms with Crippen LogP contribution in [0.3, 0.4) is 0 Å². The minimum atomic E-state index is -4.54. The Labute approximate surface area is 863 Å². The van der Waals surface area contributed by atoms with Crippen molar-refractivity contribution in [2.24, 2.45) is 0 Å². The van der Waals surface area contributed by atoms with E-state index in [-0.39, 0.29) is 61.3 Å². The van der Waals surface area contributed by atoms with Crippen molar-refractivity contribution in [3.63, 3.8) is 0 Å². The third-order valence-electron chi connectivity index (χ3n) is 23.4. The van der Waals surface area contributed by atoms with Crippen molar-refractivity contribution in [3.05, 3.63) is 472 Å². The van der Waals surface area contributed by atoms with Crippen LogP contribution in [0.15, 0.2) is 395 Å². The van der Waals surface area contributed by atoms with Crippen molar-refractivity contribution in [1.82, 2.24) is 34.5 Å². The summed E-state index contributed by atoms with van der Waals surface area (Å²) in [6, 6.07) is 133. The van der Waals surface area contributed by atoms with Gasteiger partial charge in [0.1, 0.15) is 17.2 Å². The molecule has 11 nitrogen and oxygen atoms in total. The number of anilines is 6. The van der Waals surface area contributed by atoms with E-state index in [0.29, 0.717) is 11.7 Å². The van der Waals surface area contributed by atoms with Gasteiger partial charge in [-0.05, 0) is 268 Å². The van der Waals surface area contributed by atoms with Crippen molar-refractivity contribution in [2.75, 3.05) is 9.80 Å². The van der Waals surface area contributed by atoms with Gasteiger partial charge < -0.3 is 64.0 Å². The average molecular weight is 2110 g/mol. The van der Waals surface area contributed by atoms with Crippen LogP contribution in [0, 0.1) is 96.8 Å². The largest absolute Gasteiger partial charge is 2.00 e. The number of hydrogen-bond donors (Lipinski definition) is 0. The van der Waals surface area contributed by atoms with E-state index in [1.807, 2.05) is 177 Å². The number of alkyl halides is 3. The van der Waals surface area contributed by atoms with Crippen molar-refractivity contribution < 1.29 is 83.9 Å². The molecule has 20 aromatic rings. The molecular weight excluding hydrogens is 2020 g/mol. The molecular formula is C124H90F3N9O2Pd3. The minimum absolute atomic E-state index is 0. The normalized spacial score (nSPS) is 11.0. The molecule has 7 aromatic heterocycles. The molecule has 13 aromatic carbocycles. The van der Waals surface area contributed by atoms with E-state index >= 15 is 0 Å². The molecule has 2 aliphatic rings. The molecule has 0 fully saturated rings. The Morgan fingerprint density at radius 2 is 0.738 bits per heavy atom. The third kappa shape index (κ3) is 23.5. The first kappa shape index (κ1) is 101. The first-order valence-corrected chi connectivity index (χ1v) is 45.1. The van der Waals surface area contributed by atoms with Crippen LogP contribution in [0.5, 0.6) is 23.0 Å². The number of hydrogen-bond acceptors (Lipinski definition) is 10. The van der Waals surface area contributed by atoms with E-state index in [0.717, 1.165) is 143 Å². The number of aryl methyl sites for hydroxylation is 6. The number of halogens is 3. The molecule has 22 rings (SSSR count). The number of para-hydroxylation sites is 5. The number of fused-ring (bicyclic) bond motifs is 7. The number of ether oxygens (including phenoxy) is 2. The number of aromatic nitrogens is 7. The van der Waals surface area contributed by atoms with Gasteiger partial charge in [0.15, 0.2) is 17.3 Å². The summed E-state index contributed by atoms with van der Waals surface area (Å²) < 4.78 is 46.1. The van der Waals surface area contributed by atoms with E-state index < -0.39 is 6.18 Å². The second kappa shape index (κ2) is 47.0. The predicted molar refractivity (Wildman–Crippen MR) is 552 cm³/mol. The number of nitrogens with zero attached hydrogens (tertiary/aromatic N) is 9. The van der Waals surface area contributed by atoms with Gasteiger partial charge in [0.05, 0.1) is 22.6 Å². The first-order valence-electron chi connectivity index (χ1n) is 45.1. The summed E-state index contributed by atoms with van der Waals surface area (Å²) in [5, 5.41) is 2.32. The van der Waals surface area contributed by atoms with Gasteiger partial charge in [-0.1, -0.05) is 219 Å². The molecule has 0 saturated heterocycles. The van der Waals surface area contributed by atoms with Gasteiger partial charge in [-0.15, -0.1) is 101 Å². The quantitative estimate of drug-likeness (QED) is 0.0629. The van der Waals surface area contributed by atoms with Crippen LogP contribution in [-0.2, 0) is 61.3 Å². The van der Waals surface area contributed by atoms with Crippen molar-refractivity contribution in [1.29, 1.82) is 0 Å².